The van der Waals surface area contributed by atoms with Crippen LogP contribution in [0.2, 0.25) is 5.15 Å². The lowest BCUT2D eigenvalue weighted by atomic mass is 10.2. The first-order valence-corrected chi connectivity index (χ1v) is 9.16. The smallest absolute Gasteiger partial charge is 0.339 e. The molecule has 3 rings (SSSR count). The fourth-order valence-corrected chi connectivity index (χ4v) is 3.01. The van der Waals surface area contributed by atoms with Crippen LogP contribution in [0.4, 0.5) is 0 Å². The molecule has 154 valence electrons. The number of amides is 1. The summed E-state index contributed by atoms with van der Waals surface area (Å²) in [5, 5.41) is 0.179. The summed E-state index contributed by atoms with van der Waals surface area (Å²) in [6, 6.07) is 4.58. The van der Waals surface area contributed by atoms with Crippen molar-refractivity contribution in [2.24, 2.45) is 0 Å². The minimum Gasteiger partial charge on any atom is -0.489 e. The van der Waals surface area contributed by atoms with Crippen LogP contribution in [0.1, 0.15) is 20.7 Å². The summed E-state index contributed by atoms with van der Waals surface area (Å²) in [6.45, 7) is 1.34. The summed E-state index contributed by atoms with van der Waals surface area (Å²) in [4.78, 5) is 34.0. The molecule has 29 heavy (non-hydrogen) atoms. The van der Waals surface area contributed by atoms with Crippen LogP contribution in [0.15, 0.2) is 30.6 Å². The number of morpholine rings is 1. The zero-order valence-corrected chi connectivity index (χ0v) is 16.7. The van der Waals surface area contributed by atoms with Crippen LogP contribution in [0, 0.1) is 0 Å². The molecule has 1 aliphatic rings. The Morgan fingerprint density at radius 3 is 2.83 bits per heavy atom. The monoisotopic (exact) mass is 421 g/mol. The Hall–Kier alpha value is -2.91. The number of ether oxygens (including phenoxy) is 4. The van der Waals surface area contributed by atoms with Crippen molar-refractivity contribution in [3.05, 3.63) is 46.9 Å². The number of rotatable bonds is 6. The van der Waals surface area contributed by atoms with Crippen LogP contribution in [-0.2, 0) is 9.47 Å². The van der Waals surface area contributed by atoms with Gasteiger partial charge in [-0.2, -0.15) is 0 Å². The first kappa shape index (κ1) is 20.8. The van der Waals surface area contributed by atoms with E-state index in [2.05, 4.69) is 14.7 Å². The zero-order valence-electron chi connectivity index (χ0n) is 16.0. The predicted molar refractivity (Wildman–Crippen MR) is 103 cm³/mol. The summed E-state index contributed by atoms with van der Waals surface area (Å²) in [5.74, 6) is -0.0204. The zero-order chi connectivity index (χ0) is 20.8. The van der Waals surface area contributed by atoms with Crippen LogP contribution in [-0.4, -0.2) is 73.4 Å². The number of methoxy groups -OCH3 is 2. The molecule has 3 heterocycles. The van der Waals surface area contributed by atoms with Gasteiger partial charge in [0.25, 0.3) is 5.91 Å². The van der Waals surface area contributed by atoms with Crippen molar-refractivity contribution in [2.75, 3.05) is 40.5 Å². The van der Waals surface area contributed by atoms with E-state index in [0.717, 1.165) is 0 Å². The molecule has 2 aromatic rings. The number of esters is 1. The molecule has 0 bridgehead atoms. The summed E-state index contributed by atoms with van der Waals surface area (Å²) in [6.07, 6.45) is 2.54. The Kier molecular flexibility index (Phi) is 6.84. The first-order valence-electron chi connectivity index (χ1n) is 8.78. The number of halogens is 1. The summed E-state index contributed by atoms with van der Waals surface area (Å²) >= 11 is 5.96. The topological polar surface area (TPSA) is 100 Å². The van der Waals surface area contributed by atoms with Gasteiger partial charge in [-0.05, 0) is 12.1 Å². The van der Waals surface area contributed by atoms with E-state index >= 15 is 0 Å². The molecule has 1 amide bonds. The number of carbonyl (C=O) groups is 2. The Morgan fingerprint density at radius 2 is 2.07 bits per heavy atom. The molecule has 1 unspecified atom stereocenters. The van der Waals surface area contributed by atoms with Gasteiger partial charge in [0.1, 0.15) is 23.6 Å². The van der Waals surface area contributed by atoms with E-state index in [0.29, 0.717) is 31.0 Å². The van der Waals surface area contributed by atoms with Gasteiger partial charge in [-0.25, -0.2) is 9.78 Å². The number of hydrogen-bond acceptors (Lipinski definition) is 8. The maximum absolute atomic E-state index is 12.8. The van der Waals surface area contributed by atoms with Gasteiger partial charge in [0.15, 0.2) is 0 Å². The molecule has 9 nitrogen and oxygen atoms in total. The molecule has 1 fully saturated rings. The van der Waals surface area contributed by atoms with Gasteiger partial charge in [-0.1, -0.05) is 11.6 Å². The van der Waals surface area contributed by atoms with E-state index in [4.69, 9.17) is 25.8 Å². The molecule has 1 atom stereocenters. The maximum atomic E-state index is 12.8. The molecule has 0 radical (unpaired) electrons. The van der Waals surface area contributed by atoms with Gasteiger partial charge < -0.3 is 23.8 Å². The van der Waals surface area contributed by atoms with Crippen molar-refractivity contribution >= 4 is 23.5 Å². The average Bonchev–Trinajstić information content (AvgIpc) is 2.76. The highest BCUT2D eigenvalue weighted by Crippen LogP contribution is 2.19. The van der Waals surface area contributed by atoms with Crippen molar-refractivity contribution in [2.45, 2.75) is 6.10 Å². The van der Waals surface area contributed by atoms with Gasteiger partial charge in [0.2, 0.25) is 5.88 Å². The minimum absolute atomic E-state index is 0.179. The number of aromatic nitrogens is 2. The number of hydrogen-bond donors (Lipinski definition) is 0. The SMILES string of the molecule is COC(=O)c1cncc(OCC2CN(C(=O)c3cc(Cl)nc(OC)c3)CCO2)c1. The highest BCUT2D eigenvalue weighted by molar-refractivity contribution is 6.29. The van der Waals surface area contributed by atoms with Gasteiger partial charge in [-0.3, -0.25) is 9.78 Å². The van der Waals surface area contributed by atoms with Crippen LogP contribution >= 0.6 is 11.6 Å². The lowest BCUT2D eigenvalue weighted by Gasteiger charge is -2.33. The van der Waals surface area contributed by atoms with Gasteiger partial charge in [-0.15, -0.1) is 0 Å². The van der Waals surface area contributed by atoms with Gasteiger partial charge in [0, 0.05) is 24.4 Å². The van der Waals surface area contributed by atoms with E-state index in [9.17, 15) is 9.59 Å². The molecule has 0 aliphatic carbocycles. The molecule has 2 aromatic heterocycles. The summed E-state index contributed by atoms with van der Waals surface area (Å²) in [7, 11) is 2.75. The highest BCUT2D eigenvalue weighted by atomic mass is 35.5. The highest BCUT2D eigenvalue weighted by Gasteiger charge is 2.26. The standard InChI is InChI=1S/C19H20ClN3O6/c1-26-17-7-12(6-16(20)22-17)18(24)23-3-4-28-15(10-23)11-29-14-5-13(8-21-9-14)19(25)27-2/h5-9,15H,3-4,10-11H2,1-2H3. The Balaban J connectivity index is 1.61. The van der Waals surface area contributed by atoms with Crippen LogP contribution < -0.4 is 9.47 Å². The molecule has 0 spiro atoms. The van der Waals surface area contributed by atoms with E-state index in [1.165, 1.54) is 38.7 Å². The number of pyridine rings is 2. The second kappa shape index (κ2) is 9.53. The van der Waals surface area contributed by atoms with Crippen LogP contribution in [0.25, 0.3) is 0 Å². The van der Waals surface area contributed by atoms with Crippen molar-refractivity contribution in [3.8, 4) is 11.6 Å². The van der Waals surface area contributed by atoms with Crippen molar-refractivity contribution in [3.63, 3.8) is 0 Å². The third-order valence-corrected chi connectivity index (χ3v) is 4.42. The van der Waals surface area contributed by atoms with Gasteiger partial charge in [0.05, 0.1) is 39.1 Å². The number of nitrogens with zero attached hydrogens (tertiary/aromatic N) is 3. The van der Waals surface area contributed by atoms with Gasteiger partial charge >= 0.3 is 5.97 Å². The second-order valence-corrected chi connectivity index (χ2v) is 6.56. The Bertz CT molecular complexity index is 894. The molecule has 0 aromatic carbocycles. The normalized spacial score (nSPS) is 16.2. The van der Waals surface area contributed by atoms with Crippen LogP contribution in [0.5, 0.6) is 11.6 Å². The quantitative estimate of drug-likeness (QED) is 0.514. The fourth-order valence-electron chi connectivity index (χ4n) is 2.80. The lowest BCUT2D eigenvalue weighted by molar-refractivity contribution is -0.0401. The Morgan fingerprint density at radius 1 is 1.24 bits per heavy atom. The van der Waals surface area contributed by atoms with Crippen LogP contribution in [0.3, 0.4) is 0 Å². The third kappa shape index (κ3) is 5.33. The summed E-state index contributed by atoms with van der Waals surface area (Å²) in [5.41, 5.74) is 0.674. The fraction of sp³-hybridized carbons (Fsp3) is 0.368. The van der Waals surface area contributed by atoms with Crippen molar-refractivity contribution < 1.29 is 28.5 Å². The molecular weight excluding hydrogens is 402 g/mol. The molecule has 0 saturated carbocycles. The molecule has 1 saturated heterocycles. The first-order chi connectivity index (χ1) is 14.0. The van der Waals surface area contributed by atoms with E-state index in [1.54, 1.807) is 11.0 Å². The molecule has 10 heteroatoms. The maximum Gasteiger partial charge on any atom is 0.339 e. The van der Waals surface area contributed by atoms with E-state index in [-0.39, 0.29) is 35.2 Å². The second-order valence-electron chi connectivity index (χ2n) is 6.18. The van der Waals surface area contributed by atoms with Crippen molar-refractivity contribution in [1.29, 1.82) is 0 Å². The average molecular weight is 422 g/mol. The van der Waals surface area contributed by atoms with E-state index < -0.39 is 5.97 Å². The lowest BCUT2D eigenvalue weighted by Crippen LogP contribution is -2.47. The van der Waals surface area contributed by atoms with Crippen molar-refractivity contribution in [1.82, 2.24) is 14.9 Å². The molecule has 1 aliphatic heterocycles. The number of carbonyl (C=O) groups excluding carboxylic acids is 2. The predicted octanol–water partition coefficient (Wildman–Crippen LogP) is 1.85. The summed E-state index contributed by atoms with van der Waals surface area (Å²) < 4.78 is 21.1. The minimum atomic E-state index is -0.500. The Labute approximate surface area is 172 Å². The molecular formula is C19H20ClN3O6. The third-order valence-electron chi connectivity index (χ3n) is 4.22. The van der Waals surface area contributed by atoms with E-state index in [1.807, 2.05) is 0 Å². The molecule has 0 N–H and O–H groups in total. The largest absolute Gasteiger partial charge is 0.489 e.